The molecule has 0 fully saturated rings. The fraction of sp³-hybridized carbons (Fsp3) is 0.462. The molecule has 38 heavy (non-hydrogen) atoms. The highest BCUT2D eigenvalue weighted by Gasteiger charge is 2.39. The SMILES string of the molecule is C=CCn1c(=O)n(CC=C)c(=O)n(C(C)(C)CC(C)(CC)n2c(=O)n(CC=C)c(=O)n(CC=C)c2=O)c1=O. The lowest BCUT2D eigenvalue weighted by Gasteiger charge is -2.38. The van der Waals surface area contributed by atoms with E-state index in [-0.39, 0.29) is 39.0 Å². The van der Waals surface area contributed by atoms with Crippen LogP contribution in [0.15, 0.2) is 79.4 Å². The first-order valence-electron chi connectivity index (χ1n) is 12.2. The zero-order valence-electron chi connectivity index (χ0n) is 22.5. The Morgan fingerprint density at radius 3 is 1.11 bits per heavy atom. The van der Waals surface area contributed by atoms with Gasteiger partial charge in [0, 0.05) is 0 Å². The minimum absolute atomic E-state index is 0.0540. The molecule has 0 saturated heterocycles. The van der Waals surface area contributed by atoms with Gasteiger partial charge in [-0.15, -0.1) is 26.3 Å². The van der Waals surface area contributed by atoms with Gasteiger partial charge in [-0.2, -0.15) is 0 Å². The molecule has 0 saturated carbocycles. The summed E-state index contributed by atoms with van der Waals surface area (Å²) in [6, 6.07) is 0. The average Bonchev–Trinajstić information content (AvgIpc) is 2.84. The molecule has 0 aliphatic carbocycles. The summed E-state index contributed by atoms with van der Waals surface area (Å²) in [6.45, 7) is 20.4. The molecule has 12 nitrogen and oxygen atoms in total. The minimum atomic E-state index is -1.30. The molecule has 0 aromatic carbocycles. The smallest absolute Gasteiger partial charge is 0.247 e. The van der Waals surface area contributed by atoms with E-state index in [1.807, 2.05) is 0 Å². The summed E-state index contributed by atoms with van der Waals surface area (Å²) in [6.07, 6.45) is 5.64. The predicted octanol–water partition coefficient (Wildman–Crippen LogP) is 0.351. The fourth-order valence-electron chi connectivity index (χ4n) is 4.76. The van der Waals surface area contributed by atoms with E-state index in [0.717, 1.165) is 27.4 Å². The lowest BCUT2D eigenvalue weighted by Crippen LogP contribution is -2.63. The maximum Gasteiger partial charge on any atom is 0.337 e. The highest BCUT2D eigenvalue weighted by molar-refractivity contribution is 4.98. The molecule has 1 unspecified atom stereocenters. The van der Waals surface area contributed by atoms with E-state index >= 15 is 0 Å². The molecule has 0 spiro atoms. The van der Waals surface area contributed by atoms with Crippen LogP contribution in [0, 0.1) is 0 Å². The zero-order chi connectivity index (χ0) is 29.0. The maximum atomic E-state index is 13.5. The van der Waals surface area contributed by atoms with Gasteiger partial charge in [-0.05, 0) is 33.6 Å². The van der Waals surface area contributed by atoms with E-state index in [9.17, 15) is 28.8 Å². The Labute approximate surface area is 219 Å². The quantitative estimate of drug-likeness (QED) is 0.345. The van der Waals surface area contributed by atoms with E-state index in [1.165, 1.54) is 24.3 Å². The van der Waals surface area contributed by atoms with Crippen LogP contribution in [-0.4, -0.2) is 27.4 Å². The first-order chi connectivity index (χ1) is 17.8. The van der Waals surface area contributed by atoms with Crippen molar-refractivity contribution in [2.24, 2.45) is 0 Å². The summed E-state index contributed by atoms with van der Waals surface area (Å²) < 4.78 is 5.49. The lowest BCUT2D eigenvalue weighted by atomic mass is 9.83. The van der Waals surface area contributed by atoms with Crippen LogP contribution in [0.2, 0.25) is 0 Å². The highest BCUT2D eigenvalue weighted by Crippen LogP contribution is 2.31. The Balaban J connectivity index is 2.95. The Morgan fingerprint density at radius 1 is 0.553 bits per heavy atom. The van der Waals surface area contributed by atoms with Crippen LogP contribution in [0.1, 0.15) is 40.5 Å². The van der Waals surface area contributed by atoms with E-state index in [4.69, 9.17) is 0 Å². The van der Waals surface area contributed by atoms with Gasteiger partial charge in [0.1, 0.15) is 0 Å². The molecule has 2 rings (SSSR count). The lowest BCUT2D eigenvalue weighted by molar-refractivity contribution is 0.146. The molecular formula is C26H36N6O6. The third-order valence-electron chi connectivity index (χ3n) is 6.58. The Morgan fingerprint density at radius 2 is 0.842 bits per heavy atom. The van der Waals surface area contributed by atoms with Crippen LogP contribution in [0.3, 0.4) is 0 Å². The van der Waals surface area contributed by atoms with E-state index in [1.54, 1.807) is 27.7 Å². The predicted molar refractivity (Wildman–Crippen MR) is 147 cm³/mol. The van der Waals surface area contributed by atoms with Crippen molar-refractivity contribution in [3.8, 4) is 0 Å². The van der Waals surface area contributed by atoms with Gasteiger partial charge in [0.25, 0.3) is 0 Å². The van der Waals surface area contributed by atoms with Crippen molar-refractivity contribution in [1.82, 2.24) is 27.4 Å². The molecule has 0 aliphatic heterocycles. The molecular weight excluding hydrogens is 492 g/mol. The summed E-state index contributed by atoms with van der Waals surface area (Å²) in [4.78, 5) is 79.5. The second-order valence-electron chi connectivity index (χ2n) is 9.80. The van der Waals surface area contributed by atoms with Crippen molar-refractivity contribution in [3.63, 3.8) is 0 Å². The van der Waals surface area contributed by atoms with Crippen molar-refractivity contribution < 1.29 is 0 Å². The molecule has 206 valence electrons. The van der Waals surface area contributed by atoms with Crippen LogP contribution in [0.4, 0.5) is 0 Å². The topological polar surface area (TPSA) is 132 Å². The number of allylic oxidation sites excluding steroid dienone is 4. The van der Waals surface area contributed by atoms with Gasteiger partial charge < -0.3 is 0 Å². The third-order valence-corrected chi connectivity index (χ3v) is 6.58. The Kier molecular flexibility index (Phi) is 9.04. The van der Waals surface area contributed by atoms with Crippen LogP contribution in [-0.2, 0) is 37.3 Å². The largest absolute Gasteiger partial charge is 0.337 e. The van der Waals surface area contributed by atoms with E-state index < -0.39 is 45.2 Å². The molecule has 0 aliphatic rings. The molecule has 1 atom stereocenters. The maximum absolute atomic E-state index is 13.5. The highest BCUT2D eigenvalue weighted by atomic mass is 16.2. The second-order valence-corrected chi connectivity index (χ2v) is 9.80. The van der Waals surface area contributed by atoms with Crippen molar-refractivity contribution in [3.05, 3.63) is 114 Å². The molecule has 2 heterocycles. The molecule has 0 bridgehead atoms. The molecule has 2 aromatic heterocycles. The number of hydrogen-bond donors (Lipinski definition) is 0. The normalized spacial score (nSPS) is 13.1. The summed E-state index contributed by atoms with van der Waals surface area (Å²) in [5, 5.41) is 0. The summed E-state index contributed by atoms with van der Waals surface area (Å²) in [7, 11) is 0. The summed E-state index contributed by atoms with van der Waals surface area (Å²) >= 11 is 0. The van der Waals surface area contributed by atoms with Gasteiger partial charge in [0.15, 0.2) is 0 Å². The first-order valence-corrected chi connectivity index (χ1v) is 12.2. The third kappa shape index (κ3) is 5.11. The van der Waals surface area contributed by atoms with Gasteiger partial charge in [-0.1, -0.05) is 31.2 Å². The molecule has 2 aromatic rings. The standard InChI is InChI=1S/C26H36N6O6/c1-9-14-27-19(33)28(15-10-2)22(36)31(21(27)35)25(6,7)18-26(8,13-5)32-23(37)29(16-11-3)20(34)30(17-12-4)24(32)38/h9-12H,1-4,13-18H2,5-8H3. The van der Waals surface area contributed by atoms with Gasteiger partial charge in [0.05, 0.1) is 37.3 Å². The van der Waals surface area contributed by atoms with Crippen molar-refractivity contribution in [1.29, 1.82) is 0 Å². The van der Waals surface area contributed by atoms with Gasteiger partial charge in [0.2, 0.25) is 0 Å². The van der Waals surface area contributed by atoms with Gasteiger partial charge >= 0.3 is 34.1 Å². The molecule has 0 N–H and O–H groups in total. The Hall–Kier alpha value is -4.22. The van der Waals surface area contributed by atoms with Gasteiger partial charge in [-0.25, -0.2) is 56.2 Å². The Bertz CT molecular complexity index is 1530. The van der Waals surface area contributed by atoms with Crippen LogP contribution >= 0.6 is 0 Å². The fourth-order valence-corrected chi connectivity index (χ4v) is 4.76. The number of nitrogens with zero attached hydrogens (tertiary/aromatic N) is 6. The zero-order valence-corrected chi connectivity index (χ0v) is 22.5. The second kappa shape index (κ2) is 11.4. The minimum Gasteiger partial charge on any atom is -0.247 e. The van der Waals surface area contributed by atoms with Crippen LogP contribution in [0.5, 0.6) is 0 Å². The van der Waals surface area contributed by atoms with E-state index in [0.29, 0.717) is 0 Å². The van der Waals surface area contributed by atoms with Crippen molar-refractivity contribution >= 4 is 0 Å². The number of aromatic nitrogens is 6. The average molecular weight is 529 g/mol. The van der Waals surface area contributed by atoms with Crippen molar-refractivity contribution in [2.45, 2.75) is 77.8 Å². The first kappa shape index (κ1) is 30.0. The molecule has 12 heteroatoms. The van der Waals surface area contributed by atoms with Crippen molar-refractivity contribution in [2.75, 3.05) is 0 Å². The summed E-state index contributed by atoms with van der Waals surface area (Å²) in [5.74, 6) is 0. The number of rotatable bonds is 13. The van der Waals surface area contributed by atoms with Crippen LogP contribution in [0.25, 0.3) is 0 Å². The number of hydrogen-bond acceptors (Lipinski definition) is 6. The monoisotopic (exact) mass is 528 g/mol. The van der Waals surface area contributed by atoms with Crippen LogP contribution < -0.4 is 34.1 Å². The summed E-state index contributed by atoms with van der Waals surface area (Å²) in [5.41, 5.74) is -7.53. The molecule has 0 radical (unpaired) electrons. The van der Waals surface area contributed by atoms with E-state index in [2.05, 4.69) is 26.3 Å². The molecule has 0 amide bonds. The van der Waals surface area contributed by atoms with Gasteiger partial charge in [-0.3, -0.25) is 0 Å².